The molecule has 5 nitrogen and oxygen atoms in total. The average molecular weight is 536 g/mol. The molecule has 1 aromatic heterocycles. The van der Waals surface area contributed by atoms with Crippen LogP contribution in [0.5, 0.6) is 0 Å². The number of hydrogen-bond donors (Lipinski definition) is 2. The van der Waals surface area contributed by atoms with Crippen molar-refractivity contribution < 1.29 is 18.1 Å². The smallest absolute Gasteiger partial charge is 0.265 e. The first-order valence-electron chi connectivity index (χ1n) is 12.1. The fraction of sp³-hybridized carbons (Fsp3) is 0.233. The van der Waals surface area contributed by atoms with E-state index in [4.69, 9.17) is 11.6 Å². The maximum absolute atomic E-state index is 11.5. The minimum atomic E-state index is -4.13. The number of pyridine rings is 1. The van der Waals surface area contributed by atoms with Gasteiger partial charge in [0.2, 0.25) is 0 Å². The molecule has 37 heavy (non-hydrogen) atoms. The Hall–Kier alpha value is -3.03. The summed E-state index contributed by atoms with van der Waals surface area (Å²) in [6.45, 7) is 3.59. The summed E-state index contributed by atoms with van der Waals surface area (Å²) < 4.78 is 32.5. The number of rotatable bonds is 9. The van der Waals surface area contributed by atoms with Gasteiger partial charge in [-0.25, -0.2) is 4.98 Å². The Balaban J connectivity index is 1.47. The lowest BCUT2D eigenvalue weighted by atomic mass is 9.82. The van der Waals surface area contributed by atoms with Crippen molar-refractivity contribution in [2.45, 2.75) is 38.2 Å². The number of aromatic nitrogens is 1. The molecule has 2 N–H and O–H groups in total. The van der Waals surface area contributed by atoms with Gasteiger partial charge in [0.25, 0.3) is 10.1 Å². The Bertz CT molecular complexity index is 1550. The van der Waals surface area contributed by atoms with Crippen LogP contribution in [0, 0.1) is 0 Å². The van der Waals surface area contributed by atoms with E-state index in [9.17, 15) is 18.1 Å². The molecule has 1 atom stereocenters. The fourth-order valence-corrected chi connectivity index (χ4v) is 5.88. The van der Waals surface area contributed by atoms with Gasteiger partial charge in [0.1, 0.15) is 0 Å². The molecule has 0 bridgehead atoms. The summed E-state index contributed by atoms with van der Waals surface area (Å²) in [5, 5.41) is 12.6. The zero-order valence-electron chi connectivity index (χ0n) is 20.8. The fourth-order valence-electron chi connectivity index (χ4n) is 4.64. The van der Waals surface area contributed by atoms with E-state index < -0.39 is 21.6 Å². The van der Waals surface area contributed by atoms with Crippen LogP contribution in [0.25, 0.3) is 23.1 Å². The first-order valence-corrected chi connectivity index (χ1v) is 14.0. The Morgan fingerprint density at radius 3 is 2.51 bits per heavy atom. The highest BCUT2D eigenvalue weighted by atomic mass is 35.5. The quantitative estimate of drug-likeness (QED) is 0.228. The van der Waals surface area contributed by atoms with Crippen LogP contribution in [0.2, 0.25) is 5.02 Å². The highest BCUT2D eigenvalue weighted by molar-refractivity contribution is 7.85. The molecule has 0 saturated carbocycles. The van der Waals surface area contributed by atoms with Crippen molar-refractivity contribution in [3.05, 3.63) is 112 Å². The number of aliphatic hydroxyl groups excluding tert-OH is 1. The number of fused-ring (bicyclic) bond motifs is 1. The lowest BCUT2D eigenvalue weighted by Gasteiger charge is -2.27. The van der Waals surface area contributed by atoms with Gasteiger partial charge in [-0.05, 0) is 65.4 Å². The highest BCUT2D eigenvalue weighted by Crippen LogP contribution is 2.30. The molecule has 3 aromatic carbocycles. The molecule has 0 fully saturated rings. The molecular formula is C30H30ClNO4S. The van der Waals surface area contributed by atoms with Crippen molar-refractivity contribution in [1.29, 1.82) is 0 Å². The first kappa shape index (κ1) is 27.0. The van der Waals surface area contributed by atoms with E-state index in [2.05, 4.69) is 4.98 Å². The molecule has 0 radical (unpaired) electrons. The third-order valence-corrected chi connectivity index (χ3v) is 7.72. The standard InChI is InChI=1S/C30H30ClNO4S/c1-30(2,20-37(34,35)36)27-9-4-3-7-22(27)13-17-29(33)24-8-5-6-21(18-24)10-15-26-16-12-23-11-14-25(31)19-28(23)32-26/h3-12,14-16,18-19,29,33H,13,17,20H2,1-2H3,(H,34,35,36)/t29-/m0/s1. The summed E-state index contributed by atoms with van der Waals surface area (Å²) in [5.74, 6) is -0.368. The van der Waals surface area contributed by atoms with Crippen LogP contribution in [0.15, 0.2) is 78.9 Å². The Morgan fingerprint density at radius 2 is 1.73 bits per heavy atom. The molecule has 0 amide bonds. The highest BCUT2D eigenvalue weighted by Gasteiger charge is 2.29. The van der Waals surface area contributed by atoms with Crippen LogP contribution >= 0.6 is 11.6 Å². The summed E-state index contributed by atoms with van der Waals surface area (Å²) in [4.78, 5) is 4.65. The molecule has 0 spiro atoms. The van der Waals surface area contributed by atoms with Crippen molar-refractivity contribution >= 4 is 44.8 Å². The molecule has 4 aromatic rings. The van der Waals surface area contributed by atoms with Gasteiger partial charge < -0.3 is 5.11 Å². The second-order valence-electron chi connectivity index (χ2n) is 9.90. The third kappa shape index (κ3) is 7.27. The van der Waals surface area contributed by atoms with Crippen molar-refractivity contribution in [2.24, 2.45) is 0 Å². The van der Waals surface area contributed by atoms with Gasteiger partial charge in [-0.1, -0.05) is 86.1 Å². The normalized spacial score (nSPS) is 13.3. The van der Waals surface area contributed by atoms with Crippen molar-refractivity contribution in [3.8, 4) is 0 Å². The molecule has 0 aliphatic rings. The number of hydrogen-bond acceptors (Lipinski definition) is 4. The maximum atomic E-state index is 11.5. The molecule has 1 heterocycles. The van der Waals surface area contributed by atoms with E-state index in [1.54, 1.807) is 13.8 Å². The van der Waals surface area contributed by atoms with Crippen LogP contribution in [-0.4, -0.2) is 28.8 Å². The molecule has 0 saturated heterocycles. The molecule has 4 rings (SSSR count). The van der Waals surface area contributed by atoms with E-state index in [0.717, 1.165) is 38.9 Å². The largest absolute Gasteiger partial charge is 0.388 e. The summed E-state index contributed by atoms with van der Waals surface area (Å²) in [6, 6.07) is 24.9. The van der Waals surface area contributed by atoms with Gasteiger partial charge in [0.15, 0.2) is 0 Å². The predicted molar refractivity (Wildman–Crippen MR) is 151 cm³/mol. The summed E-state index contributed by atoms with van der Waals surface area (Å²) in [7, 11) is -4.13. The van der Waals surface area contributed by atoms with E-state index in [0.29, 0.717) is 17.9 Å². The minimum Gasteiger partial charge on any atom is -0.388 e. The Morgan fingerprint density at radius 1 is 0.973 bits per heavy atom. The minimum absolute atomic E-state index is 0.368. The van der Waals surface area contributed by atoms with Crippen molar-refractivity contribution in [2.75, 3.05) is 5.75 Å². The summed E-state index contributed by atoms with van der Waals surface area (Å²) in [6.07, 6.45) is 4.24. The van der Waals surface area contributed by atoms with Crippen LogP contribution in [-0.2, 0) is 22.0 Å². The Labute approximate surface area is 223 Å². The van der Waals surface area contributed by atoms with Crippen LogP contribution in [0.3, 0.4) is 0 Å². The summed E-state index contributed by atoms with van der Waals surface area (Å²) >= 11 is 6.10. The lowest BCUT2D eigenvalue weighted by molar-refractivity contribution is 0.167. The second kappa shape index (κ2) is 11.2. The second-order valence-corrected chi connectivity index (χ2v) is 11.8. The number of aliphatic hydroxyl groups is 1. The Kier molecular flexibility index (Phi) is 8.14. The summed E-state index contributed by atoms with van der Waals surface area (Å²) in [5.41, 5.74) is 4.43. The van der Waals surface area contributed by atoms with Gasteiger partial charge in [-0.2, -0.15) is 8.42 Å². The number of nitrogens with zero attached hydrogens (tertiary/aromatic N) is 1. The molecule has 0 aliphatic carbocycles. The van der Waals surface area contributed by atoms with E-state index in [1.165, 1.54) is 0 Å². The van der Waals surface area contributed by atoms with Crippen LogP contribution < -0.4 is 0 Å². The van der Waals surface area contributed by atoms with Gasteiger partial charge in [-0.3, -0.25) is 4.55 Å². The SMILES string of the molecule is CC(C)(CS(=O)(=O)O)c1ccccc1CC[C@H](O)c1cccc(C=Cc2ccc3ccc(Cl)cc3n2)c1. The number of halogens is 1. The lowest BCUT2D eigenvalue weighted by Crippen LogP contribution is -2.29. The van der Waals surface area contributed by atoms with E-state index in [-0.39, 0.29) is 5.75 Å². The third-order valence-electron chi connectivity index (χ3n) is 6.39. The molecule has 7 heteroatoms. The van der Waals surface area contributed by atoms with Crippen LogP contribution in [0.4, 0.5) is 0 Å². The average Bonchev–Trinajstić information content (AvgIpc) is 2.84. The van der Waals surface area contributed by atoms with Gasteiger partial charge in [-0.15, -0.1) is 0 Å². The number of benzene rings is 3. The molecule has 0 unspecified atom stereocenters. The van der Waals surface area contributed by atoms with Gasteiger partial charge in [0.05, 0.1) is 23.1 Å². The topological polar surface area (TPSA) is 87.5 Å². The van der Waals surface area contributed by atoms with Crippen molar-refractivity contribution in [1.82, 2.24) is 4.98 Å². The zero-order valence-corrected chi connectivity index (χ0v) is 22.4. The first-order chi connectivity index (χ1) is 17.5. The molecule has 0 aliphatic heterocycles. The van der Waals surface area contributed by atoms with Crippen LogP contribution in [0.1, 0.15) is 54.3 Å². The van der Waals surface area contributed by atoms with E-state index >= 15 is 0 Å². The predicted octanol–water partition coefficient (Wildman–Crippen LogP) is 6.89. The molecule has 192 valence electrons. The van der Waals surface area contributed by atoms with Gasteiger partial charge >= 0.3 is 0 Å². The van der Waals surface area contributed by atoms with E-state index in [1.807, 2.05) is 91.0 Å². The number of aryl methyl sites for hydroxylation is 1. The zero-order chi connectivity index (χ0) is 26.6. The molecular weight excluding hydrogens is 506 g/mol. The van der Waals surface area contributed by atoms with Gasteiger partial charge in [0, 0.05) is 15.8 Å². The maximum Gasteiger partial charge on any atom is 0.265 e. The monoisotopic (exact) mass is 535 g/mol. The van der Waals surface area contributed by atoms with Crippen molar-refractivity contribution in [3.63, 3.8) is 0 Å².